The van der Waals surface area contributed by atoms with Crippen molar-refractivity contribution in [1.29, 1.82) is 0 Å². The Morgan fingerprint density at radius 2 is 2.00 bits per heavy atom. The lowest BCUT2D eigenvalue weighted by Gasteiger charge is -2.04. The van der Waals surface area contributed by atoms with Crippen LogP contribution < -0.4 is 5.73 Å². The summed E-state index contributed by atoms with van der Waals surface area (Å²) in [5.74, 6) is 0. The normalized spacial score (nSPS) is 12.7. The second-order valence-electron chi connectivity index (χ2n) is 4.72. The van der Waals surface area contributed by atoms with E-state index in [1.807, 2.05) is 43.6 Å². The van der Waals surface area contributed by atoms with Crippen LogP contribution in [0.15, 0.2) is 47.0 Å². The molecule has 3 N–H and O–H groups in total. The molecule has 0 aliphatic rings. The molecule has 2 aromatic heterocycles. The number of nitrogens with one attached hydrogen (secondary N) is 1. The first-order chi connectivity index (χ1) is 9.70. The van der Waals surface area contributed by atoms with Gasteiger partial charge >= 0.3 is 0 Å². The highest BCUT2D eigenvalue weighted by molar-refractivity contribution is 7.99. The molecule has 102 valence electrons. The number of aromatic amines is 1. The van der Waals surface area contributed by atoms with Crippen molar-refractivity contribution in [2.75, 3.05) is 0 Å². The summed E-state index contributed by atoms with van der Waals surface area (Å²) in [6.07, 6.45) is 4.43. The maximum absolute atomic E-state index is 5.75. The summed E-state index contributed by atoms with van der Waals surface area (Å²) in [6.45, 7) is 1.97. The van der Waals surface area contributed by atoms with E-state index >= 15 is 0 Å². The molecule has 0 spiro atoms. The van der Waals surface area contributed by atoms with Crippen molar-refractivity contribution in [3.63, 3.8) is 0 Å². The van der Waals surface area contributed by atoms with Gasteiger partial charge in [0.1, 0.15) is 0 Å². The van der Waals surface area contributed by atoms with Gasteiger partial charge in [-0.3, -0.25) is 0 Å². The summed E-state index contributed by atoms with van der Waals surface area (Å²) in [4.78, 5) is 16.4. The smallest absolute Gasteiger partial charge is 0.195 e. The number of hydrogen-bond donors (Lipinski definition) is 2. The number of rotatable bonds is 4. The molecule has 3 aromatic rings. The van der Waals surface area contributed by atoms with Crippen molar-refractivity contribution >= 4 is 22.8 Å². The number of hydrogen-bond acceptors (Lipinski definition) is 5. The zero-order chi connectivity index (χ0) is 13.9. The maximum Gasteiger partial charge on any atom is 0.195 e. The monoisotopic (exact) mass is 285 g/mol. The molecule has 3 rings (SSSR count). The van der Waals surface area contributed by atoms with Crippen molar-refractivity contribution in [2.24, 2.45) is 5.73 Å². The molecule has 20 heavy (non-hydrogen) atoms. The third-order valence-corrected chi connectivity index (χ3v) is 3.58. The number of nitrogens with zero attached hydrogens (tertiary/aromatic N) is 3. The largest absolute Gasteiger partial charge is 0.333 e. The van der Waals surface area contributed by atoms with Gasteiger partial charge in [-0.2, -0.15) is 0 Å². The van der Waals surface area contributed by atoms with E-state index < -0.39 is 0 Å². The minimum absolute atomic E-state index is 0.118. The van der Waals surface area contributed by atoms with E-state index in [4.69, 9.17) is 5.73 Å². The number of para-hydroxylation sites is 2. The van der Waals surface area contributed by atoms with Gasteiger partial charge in [-0.15, -0.1) is 0 Å². The second-order valence-corrected chi connectivity index (χ2v) is 5.67. The first kappa shape index (κ1) is 13.1. The molecular formula is C14H15N5S. The predicted molar refractivity (Wildman–Crippen MR) is 79.6 cm³/mol. The van der Waals surface area contributed by atoms with Gasteiger partial charge in [-0.25, -0.2) is 15.0 Å². The highest BCUT2D eigenvalue weighted by Gasteiger charge is 2.06. The van der Waals surface area contributed by atoms with Crippen LogP contribution in [0.5, 0.6) is 0 Å². The van der Waals surface area contributed by atoms with E-state index in [-0.39, 0.29) is 6.04 Å². The van der Waals surface area contributed by atoms with Crippen LogP contribution in [-0.4, -0.2) is 26.0 Å². The molecule has 6 heteroatoms. The van der Waals surface area contributed by atoms with Crippen LogP contribution in [0.25, 0.3) is 11.0 Å². The molecule has 0 amide bonds. The minimum atomic E-state index is 0.118. The lowest BCUT2D eigenvalue weighted by molar-refractivity contribution is 0.727. The molecule has 0 saturated carbocycles. The third-order valence-electron chi connectivity index (χ3n) is 2.79. The zero-order valence-electron chi connectivity index (χ0n) is 11.1. The Morgan fingerprint density at radius 3 is 2.70 bits per heavy atom. The fourth-order valence-corrected chi connectivity index (χ4v) is 2.63. The summed E-state index contributed by atoms with van der Waals surface area (Å²) in [5, 5.41) is 1.48. The van der Waals surface area contributed by atoms with E-state index in [1.165, 1.54) is 11.8 Å². The highest BCUT2D eigenvalue weighted by Crippen LogP contribution is 2.24. The molecule has 0 saturated heterocycles. The summed E-state index contributed by atoms with van der Waals surface area (Å²) in [6, 6.07) is 8.04. The standard InChI is InChI=1S/C14H15N5S/c1-9(15)6-10-7-16-13(17-8-10)20-14-18-11-4-2-3-5-12(11)19-14/h2-5,7-9H,6,15H2,1H3,(H,18,19). The lowest BCUT2D eigenvalue weighted by atomic mass is 10.1. The van der Waals surface area contributed by atoms with Crippen LogP contribution in [-0.2, 0) is 6.42 Å². The number of benzene rings is 1. The minimum Gasteiger partial charge on any atom is -0.333 e. The van der Waals surface area contributed by atoms with Crippen LogP contribution in [0.3, 0.4) is 0 Å². The first-order valence-corrected chi connectivity index (χ1v) is 7.21. The Kier molecular flexibility index (Phi) is 3.66. The lowest BCUT2D eigenvalue weighted by Crippen LogP contribution is -2.17. The Bertz CT molecular complexity index is 672. The number of nitrogens with two attached hydrogens (primary N) is 1. The van der Waals surface area contributed by atoms with Gasteiger partial charge in [-0.1, -0.05) is 12.1 Å². The van der Waals surface area contributed by atoms with Crippen molar-refractivity contribution in [1.82, 2.24) is 19.9 Å². The predicted octanol–water partition coefficient (Wildman–Crippen LogP) is 2.39. The topological polar surface area (TPSA) is 80.5 Å². The van der Waals surface area contributed by atoms with Crippen molar-refractivity contribution in [3.8, 4) is 0 Å². The molecule has 1 aromatic carbocycles. The molecule has 0 aliphatic heterocycles. The van der Waals surface area contributed by atoms with Gasteiger partial charge in [0.05, 0.1) is 11.0 Å². The highest BCUT2D eigenvalue weighted by atomic mass is 32.2. The average Bonchev–Trinajstić information content (AvgIpc) is 2.82. The Hall–Kier alpha value is -1.92. The van der Waals surface area contributed by atoms with Gasteiger partial charge < -0.3 is 10.7 Å². The van der Waals surface area contributed by atoms with Crippen molar-refractivity contribution in [2.45, 2.75) is 29.7 Å². The number of fused-ring (bicyclic) bond motifs is 1. The molecule has 0 aliphatic carbocycles. The molecule has 1 atom stereocenters. The van der Waals surface area contributed by atoms with Crippen LogP contribution in [0.4, 0.5) is 0 Å². The summed E-state index contributed by atoms with van der Waals surface area (Å²) in [7, 11) is 0. The van der Waals surface area contributed by atoms with Gasteiger partial charge in [0, 0.05) is 18.4 Å². The molecule has 5 nitrogen and oxygen atoms in total. The summed E-state index contributed by atoms with van der Waals surface area (Å²) < 4.78 is 0. The molecular weight excluding hydrogens is 270 g/mol. The fraction of sp³-hybridized carbons (Fsp3) is 0.214. The van der Waals surface area contributed by atoms with Crippen molar-refractivity contribution in [3.05, 3.63) is 42.2 Å². The zero-order valence-corrected chi connectivity index (χ0v) is 11.9. The van der Waals surface area contributed by atoms with E-state index in [1.54, 1.807) is 0 Å². The van der Waals surface area contributed by atoms with Crippen LogP contribution >= 0.6 is 11.8 Å². The first-order valence-electron chi connectivity index (χ1n) is 6.40. The van der Waals surface area contributed by atoms with Crippen LogP contribution in [0, 0.1) is 0 Å². The fourth-order valence-electron chi connectivity index (χ4n) is 1.94. The van der Waals surface area contributed by atoms with E-state index in [0.717, 1.165) is 28.2 Å². The Morgan fingerprint density at radius 1 is 1.25 bits per heavy atom. The van der Waals surface area contributed by atoms with Crippen LogP contribution in [0.2, 0.25) is 0 Å². The quantitative estimate of drug-likeness (QED) is 0.719. The molecule has 0 radical (unpaired) electrons. The van der Waals surface area contributed by atoms with E-state index in [9.17, 15) is 0 Å². The summed E-state index contributed by atoms with van der Waals surface area (Å²) >= 11 is 1.42. The number of imidazole rings is 1. The van der Waals surface area contributed by atoms with Gasteiger partial charge in [0.2, 0.25) is 0 Å². The number of aromatic nitrogens is 4. The van der Waals surface area contributed by atoms with Gasteiger partial charge in [0.25, 0.3) is 0 Å². The molecule has 0 bridgehead atoms. The summed E-state index contributed by atoms with van der Waals surface area (Å²) in [5.41, 5.74) is 8.77. The van der Waals surface area contributed by atoms with Gasteiger partial charge in [0.15, 0.2) is 10.3 Å². The Labute approximate surface area is 121 Å². The maximum atomic E-state index is 5.75. The van der Waals surface area contributed by atoms with E-state index in [0.29, 0.717) is 5.16 Å². The average molecular weight is 285 g/mol. The Balaban J connectivity index is 1.76. The molecule has 0 fully saturated rings. The van der Waals surface area contributed by atoms with Crippen molar-refractivity contribution < 1.29 is 0 Å². The SMILES string of the molecule is CC(N)Cc1cnc(Sc2nc3ccccc3[nH]2)nc1. The van der Waals surface area contributed by atoms with Gasteiger partial charge in [-0.05, 0) is 42.8 Å². The molecule has 2 heterocycles. The third kappa shape index (κ3) is 2.97. The second kappa shape index (κ2) is 5.60. The van der Waals surface area contributed by atoms with E-state index in [2.05, 4.69) is 19.9 Å². The van der Waals surface area contributed by atoms with Crippen LogP contribution in [0.1, 0.15) is 12.5 Å². The number of H-pyrrole nitrogens is 1. The molecule has 1 unspecified atom stereocenters.